The van der Waals surface area contributed by atoms with Crippen molar-refractivity contribution < 1.29 is 46.9 Å². The predicted molar refractivity (Wildman–Crippen MR) is 260 cm³/mol. The average molecular weight is 982 g/mol. The Labute approximate surface area is 411 Å². The lowest BCUT2D eigenvalue weighted by molar-refractivity contribution is -0.136. The number of nitrogens with one attached hydrogen (secondary N) is 4. The lowest BCUT2D eigenvalue weighted by Gasteiger charge is -2.40. The van der Waals surface area contributed by atoms with Gasteiger partial charge in [0.05, 0.1) is 85.7 Å². The van der Waals surface area contributed by atoms with E-state index in [1.165, 1.54) is 26.4 Å². The highest BCUT2D eigenvalue weighted by Gasteiger charge is 2.42. The van der Waals surface area contributed by atoms with E-state index in [0.29, 0.717) is 80.4 Å². The van der Waals surface area contributed by atoms with E-state index in [9.17, 15) is 19.2 Å². The van der Waals surface area contributed by atoms with Gasteiger partial charge in [-0.2, -0.15) is 0 Å². The standard InChI is InChI=1S/C52H65F2N9O8/c1-8-52(25-70-26-52)27-71-45-33(53)23-32(24-34(45)54)63-39(30-13-15-35-37(21-30)57-46(55-35)41-11-9-19-61(41)48(64)43(28(2)3)59-50(66)68-6)17-18-40(63)31-14-16-36-38(22-31)58-47(56-36)42-12-10-20-62(42)49(65)44(29(4)5)60-51(67)69-7/h13-16,21-24,28-29,39-44H,8-12,17-20,25-27H2,1-7H3,(H,55,57)(H,56,58)(H,59,66)(H,60,67)/t39-,40-,41+,42+,43+,44+/m1/s1. The number of H-pyrrole nitrogens is 2. The molecular formula is C52H65F2N9O8. The molecular weight excluding hydrogens is 917 g/mol. The highest BCUT2D eigenvalue weighted by Crippen LogP contribution is 2.49. The van der Waals surface area contributed by atoms with Gasteiger partial charge in [-0.3, -0.25) is 9.59 Å². The van der Waals surface area contributed by atoms with E-state index in [4.69, 9.17) is 28.9 Å². The molecule has 4 amide bonds. The number of ether oxygens (including phenoxy) is 4. The first kappa shape index (κ1) is 49.5. The monoisotopic (exact) mass is 981 g/mol. The molecule has 3 aromatic carbocycles. The molecule has 71 heavy (non-hydrogen) atoms. The number of carbonyl (C=O) groups is 4. The van der Waals surface area contributed by atoms with Crippen LogP contribution < -0.4 is 20.3 Å². The van der Waals surface area contributed by atoms with Crippen LogP contribution in [0.25, 0.3) is 22.1 Å². The molecule has 19 heteroatoms. The third-order valence-corrected chi connectivity index (χ3v) is 15.1. The van der Waals surface area contributed by atoms with Crippen LogP contribution in [0.15, 0.2) is 48.5 Å². The highest BCUT2D eigenvalue weighted by molar-refractivity contribution is 5.87. The molecule has 0 unspecified atom stereocenters. The second kappa shape index (κ2) is 20.3. The summed E-state index contributed by atoms with van der Waals surface area (Å²) in [5.74, 6) is -1.52. The number of imidazole rings is 2. The van der Waals surface area contributed by atoms with Gasteiger partial charge in [-0.1, -0.05) is 46.8 Å². The molecule has 5 aromatic rings. The Bertz CT molecular complexity index is 2620. The Balaban J connectivity index is 1.03. The van der Waals surface area contributed by atoms with Gasteiger partial charge in [-0.05, 0) is 92.2 Å². The van der Waals surface area contributed by atoms with Crippen LogP contribution >= 0.6 is 0 Å². The topological polar surface area (TPSA) is 196 Å². The summed E-state index contributed by atoms with van der Waals surface area (Å²) in [6.45, 7) is 11.6. The van der Waals surface area contributed by atoms with E-state index in [-0.39, 0.29) is 59.8 Å². The zero-order valence-electron chi connectivity index (χ0n) is 41.5. The van der Waals surface area contributed by atoms with Gasteiger partial charge in [-0.25, -0.2) is 28.3 Å². The van der Waals surface area contributed by atoms with Crippen molar-refractivity contribution in [2.45, 2.75) is 116 Å². The number of likely N-dealkylation sites (tertiary alicyclic amines) is 2. The Morgan fingerprint density at radius 2 is 1.18 bits per heavy atom. The molecule has 6 atom stereocenters. The second-order valence-electron chi connectivity index (χ2n) is 20.3. The largest absolute Gasteiger partial charge is 0.487 e. The minimum absolute atomic E-state index is 0.133. The van der Waals surface area contributed by atoms with Crippen molar-refractivity contribution in [1.29, 1.82) is 0 Å². The first-order valence-corrected chi connectivity index (χ1v) is 24.9. The number of nitrogens with zero attached hydrogens (tertiary/aromatic N) is 5. The maximum atomic E-state index is 16.3. The van der Waals surface area contributed by atoms with Crippen molar-refractivity contribution in [3.8, 4) is 5.75 Å². The Morgan fingerprint density at radius 3 is 1.58 bits per heavy atom. The molecule has 4 aliphatic rings. The summed E-state index contributed by atoms with van der Waals surface area (Å²) in [7, 11) is 2.54. The van der Waals surface area contributed by atoms with Crippen LogP contribution in [0.2, 0.25) is 0 Å². The highest BCUT2D eigenvalue weighted by atomic mass is 19.1. The molecule has 4 aliphatic heterocycles. The van der Waals surface area contributed by atoms with Crippen molar-refractivity contribution in [3.05, 3.63) is 82.9 Å². The maximum Gasteiger partial charge on any atom is 0.407 e. The summed E-state index contributed by atoms with van der Waals surface area (Å²) in [6, 6.07) is 11.8. The average Bonchev–Trinajstić information content (AvgIpc) is 4.20. The number of aromatic nitrogens is 4. The van der Waals surface area contributed by atoms with Gasteiger partial charge in [0.25, 0.3) is 0 Å². The number of rotatable bonds is 15. The van der Waals surface area contributed by atoms with Gasteiger partial charge in [0.1, 0.15) is 23.7 Å². The molecule has 380 valence electrons. The minimum atomic E-state index is -0.801. The zero-order valence-corrected chi connectivity index (χ0v) is 41.5. The van der Waals surface area contributed by atoms with Crippen LogP contribution in [0.4, 0.5) is 24.1 Å². The summed E-state index contributed by atoms with van der Waals surface area (Å²) in [4.78, 5) is 74.9. The molecule has 4 saturated heterocycles. The Hall–Kier alpha value is -6.50. The van der Waals surface area contributed by atoms with Crippen molar-refractivity contribution in [2.75, 3.05) is 52.0 Å². The van der Waals surface area contributed by atoms with Crippen molar-refractivity contribution >= 4 is 51.8 Å². The van der Waals surface area contributed by atoms with Gasteiger partial charge in [0, 0.05) is 30.9 Å². The molecule has 4 fully saturated rings. The van der Waals surface area contributed by atoms with E-state index in [1.807, 2.05) is 71.0 Å². The lowest BCUT2D eigenvalue weighted by atomic mass is 9.84. The molecule has 0 radical (unpaired) electrons. The Morgan fingerprint density at radius 1 is 0.718 bits per heavy atom. The van der Waals surface area contributed by atoms with Crippen molar-refractivity contribution in [2.24, 2.45) is 17.3 Å². The molecule has 17 nitrogen and oxygen atoms in total. The Kier molecular flexibility index (Phi) is 14.2. The summed E-state index contributed by atoms with van der Waals surface area (Å²) >= 11 is 0. The fourth-order valence-corrected chi connectivity index (χ4v) is 10.9. The van der Waals surface area contributed by atoms with Crippen LogP contribution in [-0.2, 0) is 23.8 Å². The lowest BCUT2D eigenvalue weighted by Crippen LogP contribution is -2.51. The molecule has 6 heterocycles. The van der Waals surface area contributed by atoms with E-state index in [0.717, 1.165) is 41.4 Å². The number of halogens is 2. The minimum Gasteiger partial charge on any atom is -0.487 e. The first-order valence-electron chi connectivity index (χ1n) is 24.9. The number of benzene rings is 3. The number of methoxy groups -OCH3 is 2. The van der Waals surface area contributed by atoms with Gasteiger partial charge < -0.3 is 54.2 Å². The third-order valence-electron chi connectivity index (χ3n) is 15.1. The van der Waals surface area contributed by atoms with Gasteiger partial charge in [0.2, 0.25) is 11.8 Å². The molecule has 4 N–H and O–H groups in total. The number of hydrogen-bond donors (Lipinski definition) is 4. The smallest absolute Gasteiger partial charge is 0.407 e. The quantitative estimate of drug-likeness (QED) is 0.0784. The van der Waals surface area contributed by atoms with E-state index in [1.54, 1.807) is 9.80 Å². The number of carbonyl (C=O) groups excluding carboxylic acids is 4. The third kappa shape index (κ3) is 9.68. The van der Waals surface area contributed by atoms with E-state index < -0.39 is 41.7 Å². The number of hydrogen-bond acceptors (Lipinski definition) is 11. The van der Waals surface area contributed by atoms with Crippen molar-refractivity contribution in [1.82, 2.24) is 40.4 Å². The van der Waals surface area contributed by atoms with Gasteiger partial charge >= 0.3 is 12.2 Å². The number of amides is 4. The number of anilines is 1. The van der Waals surface area contributed by atoms with Gasteiger partial charge in [-0.15, -0.1) is 0 Å². The maximum absolute atomic E-state index is 16.3. The van der Waals surface area contributed by atoms with E-state index >= 15 is 8.78 Å². The second-order valence-corrected chi connectivity index (χ2v) is 20.3. The number of alkyl carbamates (subject to hydrolysis) is 2. The summed E-state index contributed by atoms with van der Waals surface area (Å²) in [5, 5.41) is 5.41. The fourth-order valence-electron chi connectivity index (χ4n) is 10.9. The first-order chi connectivity index (χ1) is 34.1. The summed E-state index contributed by atoms with van der Waals surface area (Å²) in [5.41, 5.74) is 4.78. The van der Waals surface area contributed by atoms with E-state index in [2.05, 4.69) is 25.5 Å². The predicted octanol–water partition coefficient (Wildman–Crippen LogP) is 8.69. The van der Waals surface area contributed by atoms with Gasteiger partial charge in [0.15, 0.2) is 17.4 Å². The number of fused-ring (bicyclic) bond motifs is 2. The normalized spacial score (nSPS) is 21.8. The molecule has 0 bridgehead atoms. The van der Waals surface area contributed by atoms with Crippen LogP contribution in [0.1, 0.15) is 127 Å². The molecule has 2 aromatic heterocycles. The zero-order chi connectivity index (χ0) is 50.3. The molecule has 0 saturated carbocycles. The summed E-state index contributed by atoms with van der Waals surface area (Å²) in [6.07, 6.45) is 3.61. The van der Waals surface area contributed by atoms with Crippen LogP contribution in [0, 0.1) is 28.9 Å². The van der Waals surface area contributed by atoms with Crippen LogP contribution in [0.3, 0.4) is 0 Å². The molecule has 9 rings (SSSR count). The van der Waals surface area contributed by atoms with Crippen molar-refractivity contribution in [3.63, 3.8) is 0 Å². The molecule has 0 aliphatic carbocycles. The number of aromatic amines is 2. The van der Waals surface area contributed by atoms with Crippen LogP contribution in [0.5, 0.6) is 5.75 Å². The molecule has 0 spiro atoms. The fraction of sp³-hybridized carbons (Fsp3) is 0.538. The van der Waals surface area contributed by atoms with Crippen LogP contribution in [-0.4, -0.2) is 113 Å². The SMILES string of the molecule is CCC1(COc2c(F)cc(N3[C@@H](c4ccc5[nH]c([C@@H]6CCCN6C(=O)[C@@H](NC(=O)OC)C(C)C)nc5c4)CC[C@@H]3c3ccc4[nH]c([C@@H]5CCCN5C(=O)[C@@H](NC(=O)OC)C(C)C)nc4c3)cc2F)COC1. The summed E-state index contributed by atoms with van der Waals surface area (Å²) < 4.78 is 53.5.